The van der Waals surface area contributed by atoms with Gasteiger partial charge in [-0.25, -0.2) is 13.1 Å². The Bertz CT molecular complexity index is 559. The SMILES string of the molecule is Cc1c(Cl)cccc1S(=O)(=O)NCC1CCCC1O. The van der Waals surface area contributed by atoms with Crippen LogP contribution in [0.2, 0.25) is 5.02 Å². The lowest BCUT2D eigenvalue weighted by atomic mass is 10.1. The summed E-state index contributed by atoms with van der Waals surface area (Å²) >= 11 is 5.94. The standard InChI is InChI=1S/C13H18ClNO3S/c1-9-11(14)5-3-7-13(9)19(17,18)15-8-10-4-2-6-12(10)16/h3,5,7,10,12,15-16H,2,4,6,8H2,1H3. The van der Waals surface area contributed by atoms with Crippen LogP contribution in [0.1, 0.15) is 24.8 Å². The molecule has 1 aromatic rings. The number of halogens is 1. The Morgan fingerprint density at radius 1 is 1.42 bits per heavy atom. The van der Waals surface area contributed by atoms with Gasteiger partial charge in [-0.1, -0.05) is 24.1 Å². The Balaban J connectivity index is 2.12. The lowest BCUT2D eigenvalue weighted by Crippen LogP contribution is -2.32. The van der Waals surface area contributed by atoms with Gasteiger partial charge in [0, 0.05) is 11.6 Å². The van der Waals surface area contributed by atoms with Crippen LogP contribution in [-0.2, 0) is 10.0 Å². The van der Waals surface area contributed by atoms with Gasteiger partial charge >= 0.3 is 0 Å². The molecule has 0 saturated heterocycles. The maximum atomic E-state index is 12.2. The molecule has 6 heteroatoms. The fraction of sp³-hybridized carbons (Fsp3) is 0.538. The van der Waals surface area contributed by atoms with E-state index < -0.39 is 16.1 Å². The molecule has 1 saturated carbocycles. The van der Waals surface area contributed by atoms with E-state index in [1.807, 2.05) is 0 Å². The quantitative estimate of drug-likeness (QED) is 0.895. The third kappa shape index (κ3) is 3.28. The molecule has 0 bridgehead atoms. The third-order valence-corrected chi connectivity index (χ3v) is 5.64. The summed E-state index contributed by atoms with van der Waals surface area (Å²) in [6, 6.07) is 4.82. The van der Waals surface area contributed by atoms with Crippen molar-refractivity contribution < 1.29 is 13.5 Å². The minimum absolute atomic E-state index is 0.00858. The van der Waals surface area contributed by atoms with Crippen molar-refractivity contribution in [3.05, 3.63) is 28.8 Å². The van der Waals surface area contributed by atoms with E-state index in [0.29, 0.717) is 10.6 Å². The van der Waals surface area contributed by atoms with Gasteiger partial charge in [-0.05, 0) is 43.4 Å². The summed E-state index contributed by atoms with van der Waals surface area (Å²) in [6.07, 6.45) is 2.16. The van der Waals surface area contributed by atoms with Crippen LogP contribution in [0.3, 0.4) is 0 Å². The molecule has 19 heavy (non-hydrogen) atoms. The topological polar surface area (TPSA) is 66.4 Å². The van der Waals surface area contributed by atoms with E-state index in [1.165, 1.54) is 6.07 Å². The highest BCUT2D eigenvalue weighted by molar-refractivity contribution is 7.89. The molecule has 106 valence electrons. The van der Waals surface area contributed by atoms with E-state index in [4.69, 9.17) is 11.6 Å². The number of hydrogen-bond acceptors (Lipinski definition) is 3. The summed E-state index contributed by atoms with van der Waals surface area (Å²) in [6.45, 7) is 1.96. The predicted octanol–water partition coefficient (Wildman–Crippen LogP) is 2.09. The van der Waals surface area contributed by atoms with E-state index in [-0.39, 0.29) is 17.4 Å². The second-order valence-electron chi connectivity index (χ2n) is 4.97. The first-order chi connectivity index (χ1) is 8.92. The Kier molecular flexibility index (Phi) is 4.50. The highest BCUT2D eigenvalue weighted by atomic mass is 35.5. The lowest BCUT2D eigenvalue weighted by molar-refractivity contribution is 0.134. The maximum absolute atomic E-state index is 12.2. The zero-order valence-electron chi connectivity index (χ0n) is 10.8. The first-order valence-corrected chi connectivity index (χ1v) is 8.21. The Labute approximate surface area is 118 Å². The van der Waals surface area contributed by atoms with Crippen LogP contribution in [0.4, 0.5) is 0 Å². The molecule has 2 unspecified atom stereocenters. The van der Waals surface area contributed by atoms with Crippen LogP contribution in [0, 0.1) is 12.8 Å². The number of aliphatic hydroxyl groups excluding tert-OH is 1. The molecule has 1 aliphatic carbocycles. The lowest BCUT2D eigenvalue weighted by Gasteiger charge is -2.16. The van der Waals surface area contributed by atoms with Crippen molar-refractivity contribution >= 4 is 21.6 Å². The maximum Gasteiger partial charge on any atom is 0.240 e. The molecule has 4 nitrogen and oxygen atoms in total. The minimum atomic E-state index is -3.57. The van der Waals surface area contributed by atoms with Crippen LogP contribution >= 0.6 is 11.6 Å². The summed E-state index contributed by atoms with van der Waals surface area (Å²) in [5, 5.41) is 10.1. The van der Waals surface area contributed by atoms with Crippen LogP contribution in [0.15, 0.2) is 23.1 Å². The molecule has 1 fully saturated rings. The van der Waals surface area contributed by atoms with E-state index in [9.17, 15) is 13.5 Å². The zero-order chi connectivity index (χ0) is 14.0. The van der Waals surface area contributed by atoms with E-state index in [2.05, 4.69) is 4.72 Å². The van der Waals surface area contributed by atoms with Crippen LogP contribution in [0.25, 0.3) is 0 Å². The predicted molar refractivity (Wildman–Crippen MR) is 74.7 cm³/mol. The van der Waals surface area contributed by atoms with Gasteiger partial charge in [-0.15, -0.1) is 0 Å². The van der Waals surface area contributed by atoms with Crippen molar-refractivity contribution in [1.29, 1.82) is 0 Å². The summed E-state index contributed by atoms with van der Waals surface area (Å²) in [5.41, 5.74) is 0.545. The number of hydrogen-bond donors (Lipinski definition) is 2. The van der Waals surface area contributed by atoms with Gasteiger partial charge in [0.2, 0.25) is 10.0 Å². The molecule has 0 aliphatic heterocycles. The Morgan fingerprint density at radius 3 is 2.79 bits per heavy atom. The molecule has 2 atom stereocenters. The van der Waals surface area contributed by atoms with Crippen molar-refractivity contribution in [3.63, 3.8) is 0 Å². The molecule has 0 aromatic heterocycles. The summed E-state index contributed by atoms with van der Waals surface area (Å²) < 4.78 is 27.0. The Hall–Kier alpha value is -0.620. The normalized spacial score (nSPS) is 23.7. The molecular weight excluding hydrogens is 286 g/mol. The van der Waals surface area contributed by atoms with E-state index in [1.54, 1.807) is 19.1 Å². The number of rotatable bonds is 4. The third-order valence-electron chi connectivity index (χ3n) is 3.66. The van der Waals surface area contributed by atoms with E-state index >= 15 is 0 Å². The molecule has 2 rings (SSSR count). The van der Waals surface area contributed by atoms with Crippen LogP contribution < -0.4 is 4.72 Å². The number of aliphatic hydroxyl groups is 1. The molecule has 2 N–H and O–H groups in total. The highest BCUT2D eigenvalue weighted by Gasteiger charge is 2.27. The Morgan fingerprint density at radius 2 is 2.16 bits per heavy atom. The van der Waals surface area contributed by atoms with Crippen molar-refractivity contribution in [2.24, 2.45) is 5.92 Å². The molecule has 1 aromatic carbocycles. The van der Waals surface area contributed by atoms with Crippen molar-refractivity contribution in [2.75, 3.05) is 6.54 Å². The van der Waals surface area contributed by atoms with Crippen molar-refractivity contribution in [1.82, 2.24) is 4.72 Å². The van der Waals surface area contributed by atoms with Crippen molar-refractivity contribution in [2.45, 2.75) is 37.2 Å². The fourth-order valence-electron chi connectivity index (χ4n) is 2.43. The first-order valence-electron chi connectivity index (χ1n) is 6.34. The molecule has 0 spiro atoms. The molecular formula is C13H18ClNO3S. The highest BCUT2D eigenvalue weighted by Crippen LogP contribution is 2.26. The van der Waals surface area contributed by atoms with Gasteiger partial charge in [-0.3, -0.25) is 0 Å². The molecule has 0 heterocycles. The largest absolute Gasteiger partial charge is 0.393 e. The second kappa shape index (κ2) is 5.79. The average Bonchev–Trinajstić information content (AvgIpc) is 2.76. The summed E-state index contributed by atoms with van der Waals surface area (Å²) in [7, 11) is -3.57. The average molecular weight is 304 g/mol. The zero-order valence-corrected chi connectivity index (χ0v) is 12.3. The van der Waals surface area contributed by atoms with Gasteiger partial charge < -0.3 is 5.11 Å². The van der Waals surface area contributed by atoms with Crippen LogP contribution in [0.5, 0.6) is 0 Å². The molecule has 0 radical (unpaired) electrons. The van der Waals surface area contributed by atoms with Gasteiger partial charge in [0.1, 0.15) is 0 Å². The van der Waals surface area contributed by atoms with Crippen molar-refractivity contribution in [3.8, 4) is 0 Å². The smallest absolute Gasteiger partial charge is 0.240 e. The molecule has 1 aliphatic rings. The van der Waals surface area contributed by atoms with E-state index in [0.717, 1.165) is 19.3 Å². The minimum Gasteiger partial charge on any atom is -0.393 e. The second-order valence-corrected chi connectivity index (χ2v) is 7.12. The number of nitrogens with one attached hydrogen (secondary N) is 1. The van der Waals surface area contributed by atoms with Crippen LogP contribution in [-0.4, -0.2) is 26.2 Å². The number of benzene rings is 1. The fourth-order valence-corrected chi connectivity index (χ4v) is 4.02. The molecule has 0 amide bonds. The van der Waals surface area contributed by atoms with Gasteiger partial charge in [-0.2, -0.15) is 0 Å². The summed E-state index contributed by atoms with van der Waals surface area (Å²) in [4.78, 5) is 0.201. The number of sulfonamides is 1. The van der Waals surface area contributed by atoms with Gasteiger partial charge in [0.25, 0.3) is 0 Å². The summed E-state index contributed by atoms with van der Waals surface area (Å²) in [5.74, 6) is 0.00858. The monoisotopic (exact) mass is 303 g/mol. The van der Waals surface area contributed by atoms with Gasteiger partial charge in [0.05, 0.1) is 11.0 Å². The first kappa shape index (κ1) is 14.8. The van der Waals surface area contributed by atoms with Gasteiger partial charge in [0.15, 0.2) is 0 Å².